The molecule has 1 atom stereocenters. The van der Waals surface area contributed by atoms with Crippen molar-refractivity contribution >= 4 is 22.8 Å². The van der Waals surface area contributed by atoms with Crippen LogP contribution in [-0.4, -0.2) is 28.0 Å². The van der Waals surface area contributed by atoms with E-state index in [1.54, 1.807) is 0 Å². The summed E-state index contributed by atoms with van der Waals surface area (Å²) in [5, 5.41) is 13.3. The van der Waals surface area contributed by atoms with Crippen LogP contribution in [0.1, 0.15) is 147 Å². The first-order valence-corrected chi connectivity index (χ1v) is 16.2. The average Bonchev–Trinajstić information content (AvgIpc) is 3.34. The van der Waals surface area contributed by atoms with Gasteiger partial charge >= 0.3 is 5.97 Å². The monoisotopic (exact) mass is 540 g/mol. The molecule has 1 aromatic carbocycles. The third kappa shape index (κ3) is 15.2. The molecule has 0 saturated carbocycles. The number of unbranched alkanes of at least 4 members (excludes halogenated alkanes) is 19. The minimum Gasteiger partial charge on any atom is -0.480 e. The number of carboxylic acid groups (broad SMARTS) is 1. The highest BCUT2D eigenvalue weighted by atomic mass is 16.4. The number of benzene rings is 1. The molecule has 1 heterocycles. The standard InChI is InChI=1S/C34H56N2O3/c1-2-3-4-5-6-7-8-9-10-11-12-13-14-15-16-17-18-19-20-21-26-33(37)36-32(34(38)39)27-29-28-35-31-25-23-22-24-30(29)31/h22-25,28,32,35H,2-21,26-27H2,1H3,(H,36,37)(H,38,39)/t32-/m0/s1. The summed E-state index contributed by atoms with van der Waals surface area (Å²) in [6, 6.07) is 6.92. The third-order valence-corrected chi connectivity index (χ3v) is 7.99. The molecule has 0 fully saturated rings. The number of aromatic amines is 1. The van der Waals surface area contributed by atoms with Crippen LogP contribution in [0.25, 0.3) is 10.9 Å². The molecule has 0 aliphatic heterocycles. The Balaban J connectivity index is 1.38. The van der Waals surface area contributed by atoms with Crippen molar-refractivity contribution < 1.29 is 14.7 Å². The van der Waals surface area contributed by atoms with Gasteiger partial charge < -0.3 is 15.4 Å². The molecule has 220 valence electrons. The lowest BCUT2D eigenvalue weighted by molar-refractivity contribution is -0.141. The number of carbonyl (C=O) groups excluding carboxylic acids is 1. The van der Waals surface area contributed by atoms with E-state index in [1.807, 2.05) is 30.5 Å². The Morgan fingerprint density at radius 3 is 1.67 bits per heavy atom. The molecule has 0 saturated heterocycles. The summed E-state index contributed by atoms with van der Waals surface area (Å²) in [6.07, 6.45) is 29.1. The van der Waals surface area contributed by atoms with Crippen LogP contribution in [0.15, 0.2) is 30.5 Å². The number of nitrogens with one attached hydrogen (secondary N) is 2. The molecule has 2 aromatic rings. The number of fused-ring (bicyclic) bond motifs is 1. The van der Waals surface area contributed by atoms with Crippen LogP contribution < -0.4 is 5.32 Å². The summed E-state index contributed by atoms with van der Waals surface area (Å²) in [7, 11) is 0. The van der Waals surface area contributed by atoms with E-state index in [4.69, 9.17) is 0 Å². The molecule has 3 N–H and O–H groups in total. The largest absolute Gasteiger partial charge is 0.480 e. The lowest BCUT2D eigenvalue weighted by Crippen LogP contribution is -2.42. The highest BCUT2D eigenvalue weighted by Crippen LogP contribution is 2.19. The van der Waals surface area contributed by atoms with E-state index in [0.29, 0.717) is 6.42 Å². The Labute approximate surface area is 237 Å². The van der Waals surface area contributed by atoms with E-state index >= 15 is 0 Å². The highest BCUT2D eigenvalue weighted by Gasteiger charge is 2.21. The van der Waals surface area contributed by atoms with Gasteiger partial charge in [-0.25, -0.2) is 4.79 Å². The molecule has 0 unspecified atom stereocenters. The van der Waals surface area contributed by atoms with Crippen molar-refractivity contribution in [1.29, 1.82) is 0 Å². The normalized spacial score (nSPS) is 12.1. The molecular weight excluding hydrogens is 484 g/mol. The number of aliphatic carboxylic acids is 1. The van der Waals surface area contributed by atoms with Gasteiger partial charge in [-0.2, -0.15) is 0 Å². The van der Waals surface area contributed by atoms with Crippen molar-refractivity contribution in [3.05, 3.63) is 36.0 Å². The molecule has 5 heteroatoms. The van der Waals surface area contributed by atoms with Gasteiger partial charge in [-0.3, -0.25) is 4.79 Å². The Morgan fingerprint density at radius 2 is 1.18 bits per heavy atom. The molecule has 1 amide bonds. The zero-order valence-electron chi connectivity index (χ0n) is 24.8. The van der Waals surface area contributed by atoms with Crippen molar-refractivity contribution in [3.63, 3.8) is 0 Å². The minimum absolute atomic E-state index is 0.162. The Bertz CT molecular complexity index is 907. The molecule has 0 radical (unpaired) electrons. The lowest BCUT2D eigenvalue weighted by Gasteiger charge is -2.14. The smallest absolute Gasteiger partial charge is 0.326 e. The van der Waals surface area contributed by atoms with Gasteiger partial charge in [0, 0.05) is 29.9 Å². The molecule has 0 bridgehead atoms. The summed E-state index contributed by atoms with van der Waals surface area (Å²) in [5.41, 5.74) is 1.89. The molecular formula is C34H56N2O3. The number of aromatic nitrogens is 1. The fourth-order valence-corrected chi connectivity index (χ4v) is 5.53. The van der Waals surface area contributed by atoms with Crippen molar-refractivity contribution in [3.8, 4) is 0 Å². The number of para-hydroxylation sites is 1. The van der Waals surface area contributed by atoms with Gasteiger partial charge in [0.05, 0.1) is 0 Å². The maximum atomic E-state index is 12.4. The summed E-state index contributed by atoms with van der Waals surface area (Å²) in [6.45, 7) is 2.28. The van der Waals surface area contributed by atoms with Gasteiger partial charge in [0.2, 0.25) is 5.91 Å². The van der Waals surface area contributed by atoms with Crippen molar-refractivity contribution in [1.82, 2.24) is 10.3 Å². The highest BCUT2D eigenvalue weighted by molar-refractivity contribution is 5.86. The molecule has 2 rings (SSSR count). The maximum Gasteiger partial charge on any atom is 0.326 e. The lowest BCUT2D eigenvalue weighted by atomic mass is 10.0. The maximum absolute atomic E-state index is 12.4. The summed E-state index contributed by atoms with van der Waals surface area (Å²) in [5.74, 6) is -1.15. The van der Waals surface area contributed by atoms with E-state index in [-0.39, 0.29) is 12.3 Å². The quantitative estimate of drug-likeness (QED) is 0.110. The fourth-order valence-electron chi connectivity index (χ4n) is 5.53. The van der Waals surface area contributed by atoms with Gasteiger partial charge in [-0.15, -0.1) is 0 Å². The molecule has 0 aliphatic carbocycles. The summed E-state index contributed by atoms with van der Waals surface area (Å²) in [4.78, 5) is 27.3. The number of H-pyrrole nitrogens is 1. The van der Waals surface area contributed by atoms with Gasteiger partial charge in [0.1, 0.15) is 6.04 Å². The molecule has 0 spiro atoms. The number of hydrogen-bond acceptors (Lipinski definition) is 2. The van der Waals surface area contributed by atoms with E-state index in [9.17, 15) is 14.7 Å². The van der Waals surface area contributed by atoms with Crippen molar-refractivity contribution in [2.75, 3.05) is 0 Å². The van der Waals surface area contributed by atoms with Crippen LogP contribution in [0.4, 0.5) is 0 Å². The van der Waals surface area contributed by atoms with E-state index in [1.165, 1.54) is 109 Å². The van der Waals surface area contributed by atoms with Gasteiger partial charge in [-0.1, -0.05) is 147 Å². The van der Waals surface area contributed by atoms with Crippen molar-refractivity contribution in [2.24, 2.45) is 0 Å². The SMILES string of the molecule is CCCCCCCCCCCCCCCCCCCCCCC(=O)N[C@@H](Cc1c[nH]c2ccccc12)C(=O)O. The second-order valence-corrected chi connectivity index (χ2v) is 11.5. The first kappa shape index (κ1) is 32.9. The van der Waals surface area contributed by atoms with Crippen LogP contribution in [-0.2, 0) is 16.0 Å². The third-order valence-electron chi connectivity index (χ3n) is 7.99. The predicted molar refractivity (Wildman–Crippen MR) is 164 cm³/mol. The second kappa shape index (κ2) is 21.5. The average molecular weight is 541 g/mol. The first-order chi connectivity index (χ1) is 19.1. The van der Waals surface area contributed by atoms with Crippen LogP contribution >= 0.6 is 0 Å². The number of hydrogen-bond donors (Lipinski definition) is 3. The van der Waals surface area contributed by atoms with Crippen molar-refractivity contribution in [2.45, 2.75) is 154 Å². The first-order valence-electron chi connectivity index (χ1n) is 16.2. The zero-order valence-corrected chi connectivity index (χ0v) is 24.8. The number of amides is 1. The Hall–Kier alpha value is -2.30. The van der Waals surface area contributed by atoms with E-state index in [0.717, 1.165) is 35.7 Å². The van der Waals surface area contributed by atoms with Crippen LogP contribution in [0.2, 0.25) is 0 Å². The molecule has 39 heavy (non-hydrogen) atoms. The second-order valence-electron chi connectivity index (χ2n) is 11.5. The molecule has 5 nitrogen and oxygen atoms in total. The number of carbonyl (C=O) groups is 2. The van der Waals surface area contributed by atoms with Gasteiger partial charge in [0.25, 0.3) is 0 Å². The minimum atomic E-state index is -0.989. The zero-order chi connectivity index (χ0) is 28.0. The molecule has 0 aliphatic rings. The van der Waals surface area contributed by atoms with Gasteiger partial charge in [0.15, 0.2) is 0 Å². The van der Waals surface area contributed by atoms with E-state index in [2.05, 4.69) is 17.2 Å². The fraction of sp³-hybridized carbons (Fsp3) is 0.706. The number of rotatable bonds is 25. The van der Waals surface area contributed by atoms with Crippen LogP contribution in [0.5, 0.6) is 0 Å². The Kier molecular flexibility index (Phi) is 18.2. The number of carboxylic acids is 1. The molecule has 1 aromatic heterocycles. The van der Waals surface area contributed by atoms with Gasteiger partial charge in [-0.05, 0) is 18.1 Å². The van der Waals surface area contributed by atoms with Crippen LogP contribution in [0, 0.1) is 0 Å². The summed E-state index contributed by atoms with van der Waals surface area (Å²) < 4.78 is 0. The van der Waals surface area contributed by atoms with Crippen LogP contribution in [0.3, 0.4) is 0 Å². The Morgan fingerprint density at radius 1 is 0.718 bits per heavy atom. The van der Waals surface area contributed by atoms with E-state index < -0.39 is 12.0 Å². The topological polar surface area (TPSA) is 82.2 Å². The summed E-state index contributed by atoms with van der Waals surface area (Å²) >= 11 is 0. The predicted octanol–water partition coefficient (Wildman–Crippen LogP) is 9.49.